The van der Waals surface area contributed by atoms with Crippen LogP contribution in [-0.2, 0) is 19.3 Å². The molecule has 1 saturated heterocycles. The summed E-state index contributed by atoms with van der Waals surface area (Å²) in [6.07, 6.45) is 4.32. The zero-order chi connectivity index (χ0) is 17.2. The fraction of sp³-hybridized carbons (Fsp3) is 0.526. The average molecular weight is 377 g/mol. The summed E-state index contributed by atoms with van der Waals surface area (Å²) in [5, 5.41) is 7.46. The van der Waals surface area contributed by atoms with Crippen molar-refractivity contribution in [2.24, 2.45) is 0 Å². The molecule has 1 aromatic heterocycles. The number of halogens is 1. The Labute approximate surface area is 159 Å². The minimum Gasteiger partial charge on any atom is -0.339 e. The van der Waals surface area contributed by atoms with Crippen molar-refractivity contribution < 1.29 is 9.32 Å². The summed E-state index contributed by atoms with van der Waals surface area (Å²) >= 11 is 0. The molecule has 1 unspecified atom stereocenters. The SMILES string of the molecule is CN1CCNCC1c1noc(CCC(=O)c2ccc3c(c2)CCC3)n1.Cl. The molecule has 1 aromatic carbocycles. The standard InChI is InChI=1S/C19H24N4O2.ClH/c1-23-10-9-20-12-16(23)19-21-18(25-22-19)8-7-17(24)15-6-5-13-3-2-4-14(13)11-15;/h5-6,11,16,20H,2-4,7-10,12H2,1H3;1H. The molecule has 0 amide bonds. The molecule has 0 bridgehead atoms. The Morgan fingerprint density at radius 2 is 2.19 bits per heavy atom. The number of piperazine rings is 1. The lowest BCUT2D eigenvalue weighted by molar-refractivity contribution is 0.0979. The number of nitrogens with one attached hydrogen (secondary N) is 1. The van der Waals surface area contributed by atoms with Crippen LogP contribution in [0.4, 0.5) is 0 Å². The van der Waals surface area contributed by atoms with Gasteiger partial charge in [0.1, 0.15) is 0 Å². The first-order chi connectivity index (χ1) is 12.2. The first-order valence-electron chi connectivity index (χ1n) is 9.09. The summed E-state index contributed by atoms with van der Waals surface area (Å²) in [4.78, 5) is 19.2. The monoisotopic (exact) mass is 376 g/mol. The smallest absolute Gasteiger partial charge is 0.227 e. The van der Waals surface area contributed by atoms with E-state index in [1.54, 1.807) is 0 Å². The lowest BCUT2D eigenvalue weighted by Gasteiger charge is -2.30. The Balaban J connectivity index is 0.00000196. The van der Waals surface area contributed by atoms with Crippen molar-refractivity contribution in [1.29, 1.82) is 0 Å². The second-order valence-electron chi connectivity index (χ2n) is 7.01. The number of likely N-dealkylation sites (N-methyl/N-ethyl adjacent to an activating group) is 1. The topological polar surface area (TPSA) is 71.3 Å². The van der Waals surface area contributed by atoms with Gasteiger partial charge in [0.25, 0.3) is 0 Å². The van der Waals surface area contributed by atoms with Gasteiger partial charge >= 0.3 is 0 Å². The minimum absolute atomic E-state index is 0. The quantitative estimate of drug-likeness (QED) is 0.808. The van der Waals surface area contributed by atoms with Crippen LogP contribution in [0.15, 0.2) is 22.7 Å². The van der Waals surface area contributed by atoms with Gasteiger partial charge in [0.2, 0.25) is 5.89 Å². The zero-order valence-corrected chi connectivity index (χ0v) is 15.8. The summed E-state index contributed by atoms with van der Waals surface area (Å²) in [7, 11) is 2.07. The van der Waals surface area contributed by atoms with Crippen LogP contribution in [0, 0.1) is 0 Å². The molecule has 4 rings (SSSR count). The number of ketones is 1. The van der Waals surface area contributed by atoms with Crippen LogP contribution in [0.2, 0.25) is 0 Å². The van der Waals surface area contributed by atoms with E-state index in [1.165, 1.54) is 17.5 Å². The van der Waals surface area contributed by atoms with Crippen LogP contribution in [-0.4, -0.2) is 47.5 Å². The van der Waals surface area contributed by atoms with Crippen molar-refractivity contribution in [2.75, 3.05) is 26.7 Å². The minimum atomic E-state index is 0. The number of aryl methyl sites for hydroxylation is 3. The second kappa shape index (κ2) is 8.29. The zero-order valence-electron chi connectivity index (χ0n) is 15.0. The Morgan fingerprint density at radius 3 is 3.04 bits per heavy atom. The van der Waals surface area contributed by atoms with Crippen LogP contribution in [0.3, 0.4) is 0 Å². The molecule has 0 saturated carbocycles. The summed E-state index contributed by atoms with van der Waals surface area (Å²) < 4.78 is 5.36. The Bertz CT molecular complexity index is 777. The number of carbonyl (C=O) groups excluding carboxylic acids is 1. The molecule has 2 aromatic rings. The number of nitrogens with zero attached hydrogens (tertiary/aromatic N) is 3. The molecule has 0 radical (unpaired) electrons. The third-order valence-corrected chi connectivity index (χ3v) is 5.28. The maximum atomic E-state index is 12.5. The molecule has 1 aliphatic carbocycles. The van der Waals surface area contributed by atoms with Crippen molar-refractivity contribution in [2.45, 2.75) is 38.1 Å². The second-order valence-corrected chi connectivity index (χ2v) is 7.01. The van der Waals surface area contributed by atoms with Crippen LogP contribution < -0.4 is 5.32 Å². The van der Waals surface area contributed by atoms with Crippen LogP contribution in [0.5, 0.6) is 0 Å². The van der Waals surface area contributed by atoms with Gasteiger partial charge in [-0.1, -0.05) is 17.3 Å². The normalized spacial score (nSPS) is 19.8. The molecular formula is C19H25ClN4O2. The molecule has 140 valence electrons. The molecule has 2 aliphatic rings. The maximum Gasteiger partial charge on any atom is 0.227 e. The number of rotatable bonds is 5. The van der Waals surface area contributed by atoms with Gasteiger partial charge in [-0.25, -0.2) is 0 Å². The van der Waals surface area contributed by atoms with Crippen LogP contribution in [0.25, 0.3) is 0 Å². The molecule has 1 atom stereocenters. The Kier molecular flexibility index (Phi) is 6.06. The number of benzene rings is 1. The fourth-order valence-corrected chi connectivity index (χ4v) is 3.71. The van der Waals surface area contributed by atoms with E-state index in [4.69, 9.17) is 4.52 Å². The van der Waals surface area contributed by atoms with Gasteiger partial charge in [0, 0.05) is 38.0 Å². The van der Waals surface area contributed by atoms with Gasteiger partial charge in [0.15, 0.2) is 11.6 Å². The molecule has 7 heteroatoms. The van der Waals surface area contributed by atoms with Gasteiger partial charge in [-0.3, -0.25) is 9.69 Å². The number of fused-ring (bicyclic) bond motifs is 1. The van der Waals surface area contributed by atoms with Gasteiger partial charge < -0.3 is 9.84 Å². The molecule has 1 aliphatic heterocycles. The van der Waals surface area contributed by atoms with Gasteiger partial charge in [-0.15, -0.1) is 12.4 Å². The summed E-state index contributed by atoms with van der Waals surface area (Å²) in [6, 6.07) is 6.26. The summed E-state index contributed by atoms with van der Waals surface area (Å²) in [5.74, 6) is 1.39. The average Bonchev–Trinajstić information content (AvgIpc) is 3.28. The lowest BCUT2D eigenvalue weighted by atomic mass is 10.0. The number of Topliss-reactive ketones (excluding diaryl/α,β-unsaturated/α-hetero) is 1. The van der Waals surface area contributed by atoms with E-state index in [0.29, 0.717) is 24.6 Å². The number of carbonyl (C=O) groups is 1. The molecule has 6 nitrogen and oxygen atoms in total. The summed E-state index contributed by atoms with van der Waals surface area (Å²) in [6.45, 7) is 2.77. The molecule has 1 fully saturated rings. The summed E-state index contributed by atoms with van der Waals surface area (Å²) in [5.41, 5.74) is 3.53. The van der Waals surface area contributed by atoms with E-state index in [9.17, 15) is 4.79 Å². The maximum absolute atomic E-state index is 12.5. The van der Waals surface area contributed by atoms with E-state index >= 15 is 0 Å². The van der Waals surface area contributed by atoms with Gasteiger partial charge in [0.05, 0.1) is 6.04 Å². The first kappa shape index (κ1) is 19.0. The first-order valence-corrected chi connectivity index (χ1v) is 9.09. The highest BCUT2D eigenvalue weighted by molar-refractivity contribution is 5.96. The Morgan fingerprint density at radius 1 is 1.35 bits per heavy atom. The van der Waals surface area contributed by atoms with Crippen LogP contribution in [0.1, 0.15) is 52.1 Å². The van der Waals surface area contributed by atoms with Gasteiger partial charge in [-0.2, -0.15) is 4.98 Å². The highest BCUT2D eigenvalue weighted by atomic mass is 35.5. The lowest BCUT2D eigenvalue weighted by Crippen LogP contribution is -2.44. The fourth-order valence-electron chi connectivity index (χ4n) is 3.71. The highest BCUT2D eigenvalue weighted by Crippen LogP contribution is 2.24. The third kappa shape index (κ3) is 3.98. The van der Waals surface area contributed by atoms with E-state index in [1.807, 2.05) is 6.07 Å². The van der Waals surface area contributed by atoms with Crippen molar-refractivity contribution in [3.63, 3.8) is 0 Å². The van der Waals surface area contributed by atoms with Crippen molar-refractivity contribution in [1.82, 2.24) is 20.4 Å². The van der Waals surface area contributed by atoms with Crippen LogP contribution >= 0.6 is 12.4 Å². The predicted octanol–water partition coefficient (Wildman–Crippen LogP) is 2.37. The number of hydrogen-bond donors (Lipinski definition) is 1. The van der Waals surface area contributed by atoms with Crippen molar-refractivity contribution in [3.05, 3.63) is 46.6 Å². The third-order valence-electron chi connectivity index (χ3n) is 5.28. The number of hydrogen-bond acceptors (Lipinski definition) is 6. The molecule has 26 heavy (non-hydrogen) atoms. The van der Waals surface area contributed by atoms with Crippen molar-refractivity contribution in [3.8, 4) is 0 Å². The number of aromatic nitrogens is 2. The van der Waals surface area contributed by atoms with E-state index in [0.717, 1.165) is 38.0 Å². The Hall–Kier alpha value is -1.76. The van der Waals surface area contributed by atoms with Crippen molar-refractivity contribution >= 4 is 18.2 Å². The predicted molar refractivity (Wildman–Crippen MR) is 101 cm³/mol. The van der Waals surface area contributed by atoms with E-state index in [2.05, 4.69) is 39.5 Å². The van der Waals surface area contributed by atoms with Gasteiger partial charge in [-0.05, 0) is 43.5 Å². The molecule has 1 N–H and O–H groups in total. The molecule has 2 heterocycles. The molecule has 0 spiro atoms. The van der Waals surface area contributed by atoms with E-state index < -0.39 is 0 Å². The largest absolute Gasteiger partial charge is 0.339 e. The van der Waals surface area contributed by atoms with E-state index in [-0.39, 0.29) is 24.2 Å². The highest BCUT2D eigenvalue weighted by Gasteiger charge is 2.25. The molecular weight excluding hydrogens is 352 g/mol.